The molecule has 0 radical (unpaired) electrons. The van der Waals surface area contributed by atoms with Gasteiger partial charge in [-0.25, -0.2) is 0 Å². The number of ether oxygens (including phenoxy) is 3. The van der Waals surface area contributed by atoms with E-state index in [1.807, 2.05) is 12.1 Å². The van der Waals surface area contributed by atoms with Crippen LogP contribution in [0.25, 0.3) is 0 Å². The van der Waals surface area contributed by atoms with Crippen LogP contribution in [0.4, 0.5) is 0 Å². The highest BCUT2D eigenvalue weighted by molar-refractivity contribution is 5.46. The van der Waals surface area contributed by atoms with Crippen LogP contribution in [0, 0.1) is 0 Å². The third-order valence-corrected chi connectivity index (χ3v) is 3.12. The lowest BCUT2D eigenvalue weighted by Crippen LogP contribution is -2.16. The highest BCUT2D eigenvalue weighted by atomic mass is 16.5. The Morgan fingerprint density at radius 3 is 3.00 bits per heavy atom. The molecule has 1 heterocycles. The molecule has 0 unspecified atom stereocenters. The van der Waals surface area contributed by atoms with Gasteiger partial charge in [-0.1, -0.05) is 12.1 Å². The molecule has 2 rings (SSSR count). The summed E-state index contributed by atoms with van der Waals surface area (Å²) in [4.78, 5) is 0. The molecule has 0 aliphatic carbocycles. The quantitative estimate of drug-likeness (QED) is 0.768. The first-order chi connectivity index (χ1) is 9.42. The standard InChI is InChI=1S/C15H23NO3/c1-17-9-3-2-8-16-12-13-6-4-7-14-15(13)19-11-5-10-18-14/h4,6-7,16H,2-3,5,8-12H2,1H3. The van der Waals surface area contributed by atoms with Crippen LogP contribution in [0.1, 0.15) is 24.8 Å². The maximum Gasteiger partial charge on any atom is 0.165 e. The van der Waals surface area contributed by atoms with Gasteiger partial charge in [0.05, 0.1) is 13.2 Å². The summed E-state index contributed by atoms with van der Waals surface area (Å²) < 4.78 is 16.5. The number of methoxy groups -OCH3 is 1. The second kappa shape index (κ2) is 8.02. The van der Waals surface area contributed by atoms with E-state index in [0.29, 0.717) is 0 Å². The Bertz CT molecular complexity index is 382. The summed E-state index contributed by atoms with van der Waals surface area (Å²) in [6.07, 6.45) is 3.16. The molecule has 0 atom stereocenters. The van der Waals surface area contributed by atoms with Crippen molar-refractivity contribution in [2.75, 3.05) is 33.5 Å². The number of hydrogen-bond donors (Lipinski definition) is 1. The van der Waals surface area contributed by atoms with Gasteiger partial charge in [-0.2, -0.15) is 0 Å². The first-order valence-electron chi connectivity index (χ1n) is 6.99. The van der Waals surface area contributed by atoms with Crippen molar-refractivity contribution in [1.82, 2.24) is 5.32 Å². The zero-order valence-corrected chi connectivity index (χ0v) is 11.6. The van der Waals surface area contributed by atoms with E-state index in [4.69, 9.17) is 14.2 Å². The second-order valence-corrected chi connectivity index (χ2v) is 4.67. The number of rotatable bonds is 7. The number of para-hydroxylation sites is 1. The summed E-state index contributed by atoms with van der Waals surface area (Å²) in [5, 5.41) is 3.44. The highest BCUT2D eigenvalue weighted by Crippen LogP contribution is 2.33. The third kappa shape index (κ3) is 4.40. The molecular weight excluding hydrogens is 242 g/mol. The summed E-state index contributed by atoms with van der Waals surface area (Å²) in [5.74, 6) is 1.78. The number of nitrogens with one attached hydrogen (secondary N) is 1. The summed E-state index contributed by atoms with van der Waals surface area (Å²) in [6, 6.07) is 6.09. The lowest BCUT2D eigenvalue weighted by molar-refractivity contribution is 0.192. The number of unbranched alkanes of at least 4 members (excludes halogenated alkanes) is 1. The molecule has 4 nitrogen and oxygen atoms in total. The lowest BCUT2D eigenvalue weighted by atomic mass is 10.2. The summed E-state index contributed by atoms with van der Waals surface area (Å²) >= 11 is 0. The fourth-order valence-electron chi connectivity index (χ4n) is 2.11. The van der Waals surface area contributed by atoms with Crippen LogP contribution < -0.4 is 14.8 Å². The van der Waals surface area contributed by atoms with E-state index in [0.717, 1.165) is 63.7 Å². The molecule has 1 aliphatic rings. The van der Waals surface area contributed by atoms with Gasteiger partial charge in [0.2, 0.25) is 0 Å². The first kappa shape index (κ1) is 14.2. The Hall–Kier alpha value is -1.26. The summed E-state index contributed by atoms with van der Waals surface area (Å²) in [7, 11) is 1.74. The molecule has 1 aromatic rings. The minimum absolute atomic E-state index is 0.734. The van der Waals surface area contributed by atoms with E-state index >= 15 is 0 Å². The molecule has 0 fully saturated rings. The molecule has 106 valence electrons. The van der Waals surface area contributed by atoms with E-state index in [1.54, 1.807) is 7.11 Å². The van der Waals surface area contributed by atoms with Gasteiger partial charge in [0.25, 0.3) is 0 Å². The minimum atomic E-state index is 0.734. The largest absolute Gasteiger partial charge is 0.490 e. The molecular formula is C15H23NO3. The molecule has 0 amide bonds. The zero-order valence-electron chi connectivity index (χ0n) is 11.6. The van der Waals surface area contributed by atoms with Gasteiger partial charge in [-0.05, 0) is 25.5 Å². The monoisotopic (exact) mass is 265 g/mol. The van der Waals surface area contributed by atoms with Gasteiger partial charge in [0.15, 0.2) is 11.5 Å². The topological polar surface area (TPSA) is 39.7 Å². The van der Waals surface area contributed by atoms with Crippen LogP contribution >= 0.6 is 0 Å². The van der Waals surface area contributed by atoms with E-state index < -0.39 is 0 Å². The van der Waals surface area contributed by atoms with Gasteiger partial charge >= 0.3 is 0 Å². The van der Waals surface area contributed by atoms with Crippen LogP contribution in [0.15, 0.2) is 18.2 Å². The maximum atomic E-state index is 5.79. The normalized spacial score (nSPS) is 14.2. The van der Waals surface area contributed by atoms with Crippen LogP contribution in [-0.4, -0.2) is 33.5 Å². The maximum absolute atomic E-state index is 5.79. The molecule has 0 aromatic heterocycles. The number of hydrogen-bond acceptors (Lipinski definition) is 4. The molecule has 0 saturated carbocycles. The smallest absolute Gasteiger partial charge is 0.165 e. The molecule has 0 spiro atoms. The predicted molar refractivity (Wildman–Crippen MR) is 74.9 cm³/mol. The average molecular weight is 265 g/mol. The Labute approximate surface area is 115 Å². The molecule has 0 saturated heterocycles. The van der Waals surface area contributed by atoms with Crippen molar-refractivity contribution < 1.29 is 14.2 Å². The fraction of sp³-hybridized carbons (Fsp3) is 0.600. The van der Waals surface area contributed by atoms with Gasteiger partial charge < -0.3 is 19.5 Å². The fourth-order valence-corrected chi connectivity index (χ4v) is 2.11. The van der Waals surface area contributed by atoms with Gasteiger partial charge in [-0.15, -0.1) is 0 Å². The first-order valence-corrected chi connectivity index (χ1v) is 6.99. The Kier molecular flexibility index (Phi) is 5.98. The molecule has 0 bridgehead atoms. The summed E-state index contributed by atoms with van der Waals surface area (Å²) in [5.41, 5.74) is 1.17. The van der Waals surface area contributed by atoms with Crippen molar-refractivity contribution in [2.45, 2.75) is 25.8 Å². The van der Waals surface area contributed by atoms with E-state index in [9.17, 15) is 0 Å². The molecule has 1 aromatic carbocycles. The Balaban J connectivity index is 1.83. The molecule has 1 N–H and O–H groups in total. The summed E-state index contributed by atoms with van der Waals surface area (Å²) in [6.45, 7) is 4.12. The van der Waals surface area contributed by atoms with Crippen molar-refractivity contribution >= 4 is 0 Å². The Morgan fingerprint density at radius 2 is 2.11 bits per heavy atom. The van der Waals surface area contributed by atoms with Crippen LogP contribution in [0.3, 0.4) is 0 Å². The zero-order chi connectivity index (χ0) is 13.3. The van der Waals surface area contributed by atoms with Crippen molar-refractivity contribution in [3.05, 3.63) is 23.8 Å². The van der Waals surface area contributed by atoms with Crippen LogP contribution in [0.5, 0.6) is 11.5 Å². The Morgan fingerprint density at radius 1 is 1.21 bits per heavy atom. The molecule has 19 heavy (non-hydrogen) atoms. The second-order valence-electron chi connectivity index (χ2n) is 4.67. The van der Waals surface area contributed by atoms with Gasteiger partial charge in [0, 0.05) is 32.2 Å². The lowest BCUT2D eigenvalue weighted by Gasteiger charge is -2.13. The molecule has 4 heteroatoms. The van der Waals surface area contributed by atoms with Crippen molar-refractivity contribution in [3.8, 4) is 11.5 Å². The number of fused-ring (bicyclic) bond motifs is 1. The van der Waals surface area contributed by atoms with Crippen molar-refractivity contribution in [1.29, 1.82) is 0 Å². The van der Waals surface area contributed by atoms with Gasteiger partial charge in [-0.3, -0.25) is 0 Å². The molecule has 1 aliphatic heterocycles. The predicted octanol–water partition coefficient (Wildman–Crippen LogP) is 2.36. The van der Waals surface area contributed by atoms with Gasteiger partial charge in [0.1, 0.15) is 0 Å². The highest BCUT2D eigenvalue weighted by Gasteiger charge is 2.13. The van der Waals surface area contributed by atoms with Crippen molar-refractivity contribution in [2.24, 2.45) is 0 Å². The van der Waals surface area contributed by atoms with Crippen molar-refractivity contribution in [3.63, 3.8) is 0 Å². The van der Waals surface area contributed by atoms with E-state index in [1.165, 1.54) is 5.56 Å². The van der Waals surface area contributed by atoms with Crippen LogP contribution in [-0.2, 0) is 11.3 Å². The van der Waals surface area contributed by atoms with Crippen LogP contribution in [0.2, 0.25) is 0 Å². The third-order valence-electron chi connectivity index (χ3n) is 3.12. The number of benzene rings is 1. The van der Waals surface area contributed by atoms with E-state index in [-0.39, 0.29) is 0 Å². The average Bonchev–Trinajstić information content (AvgIpc) is 2.68. The van der Waals surface area contributed by atoms with E-state index in [2.05, 4.69) is 11.4 Å². The minimum Gasteiger partial charge on any atom is -0.490 e. The SMILES string of the molecule is COCCCCNCc1cccc2c1OCCCO2.